The number of carboxylic acids is 1. The summed E-state index contributed by atoms with van der Waals surface area (Å²) in [6.45, 7) is 5.54. The number of hydrogen-bond acceptors (Lipinski definition) is 3. The molecule has 0 bridgehead atoms. The van der Waals surface area contributed by atoms with Crippen LogP contribution in [0.15, 0.2) is 0 Å². The van der Waals surface area contributed by atoms with Crippen LogP contribution in [0.3, 0.4) is 0 Å². The van der Waals surface area contributed by atoms with E-state index < -0.39 is 5.97 Å². The summed E-state index contributed by atoms with van der Waals surface area (Å²) in [5.41, 5.74) is 5.65. The third kappa shape index (κ3) is 2.92. The maximum atomic E-state index is 11.1. The average molecular weight is 214 g/mol. The second-order valence-corrected chi connectivity index (χ2v) is 4.49. The molecule has 3 N–H and O–H groups in total. The van der Waals surface area contributed by atoms with E-state index in [0.717, 1.165) is 19.4 Å². The Hall–Kier alpha value is -0.610. The van der Waals surface area contributed by atoms with Gasteiger partial charge in [-0.2, -0.15) is 0 Å². The van der Waals surface area contributed by atoms with Crippen LogP contribution in [0.5, 0.6) is 0 Å². The van der Waals surface area contributed by atoms with E-state index in [9.17, 15) is 4.79 Å². The fourth-order valence-electron chi connectivity index (χ4n) is 2.39. The molecule has 1 rings (SSSR count). The van der Waals surface area contributed by atoms with Crippen molar-refractivity contribution in [3.63, 3.8) is 0 Å². The average Bonchev–Trinajstić information content (AvgIpc) is 2.21. The van der Waals surface area contributed by atoms with Gasteiger partial charge in [0.25, 0.3) is 0 Å². The zero-order valence-corrected chi connectivity index (χ0v) is 9.65. The minimum Gasteiger partial charge on any atom is -0.480 e. The van der Waals surface area contributed by atoms with Gasteiger partial charge in [-0.15, -0.1) is 0 Å². The minimum absolute atomic E-state index is 0.339. The zero-order valence-electron chi connectivity index (χ0n) is 9.65. The molecule has 3 atom stereocenters. The topological polar surface area (TPSA) is 66.6 Å². The number of piperidine rings is 1. The van der Waals surface area contributed by atoms with Gasteiger partial charge in [0.05, 0.1) is 0 Å². The van der Waals surface area contributed by atoms with Gasteiger partial charge in [0.2, 0.25) is 0 Å². The van der Waals surface area contributed by atoms with Crippen LogP contribution in [0.4, 0.5) is 0 Å². The summed E-state index contributed by atoms with van der Waals surface area (Å²) in [7, 11) is 0. The summed E-state index contributed by atoms with van der Waals surface area (Å²) < 4.78 is 0. The molecule has 0 spiro atoms. The Bertz CT molecular complexity index is 221. The van der Waals surface area contributed by atoms with Crippen molar-refractivity contribution in [2.24, 2.45) is 11.7 Å². The van der Waals surface area contributed by atoms with Gasteiger partial charge in [-0.3, -0.25) is 9.69 Å². The number of aliphatic carboxylic acids is 1. The van der Waals surface area contributed by atoms with Crippen molar-refractivity contribution in [1.29, 1.82) is 0 Å². The van der Waals surface area contributed by atoms with Gasteiger partial charge >= 0.3 is 5.97 Å². The molecule has 0 radical (unpaired) electrons. The quantitative estimate of drug-likeness (QED) is 0.730. The molecule has 1 aliphatic rings. The highest BCUT2D eigenvalue weighted by Crippen LogP contribution is 2.24. The number of nitrogens with zero attached hydrogens (tertiary/aromatic N) is 1. The largest absolute Gasteiger partial charge is 0.480 e. The third-order valence-corrected chi connectivity index (χ3v) is 3.43. The highest BCUT2D eigenvalue weighted by molar-refractivity contribution is 5.73. The predicted molar refractivity (Wildman–Crippen MR) is 59.7 cm³/mol. The van der Waals surface area contributed by atoms with Crippen LogP contribution in [0.2, 0.25) is 0 Å². The minimum atomic E-state index is -0.706. The van der Waals surface area contributed by atoms with Crippen LogP contribution in [0.1, 0.15) is 33.1 Å². The summed E-state index contributed by atoms with van der Waals surface area (Å²) in [6.07, 6.45) is 2.85. The lowest BCUT2D eigenvalue weighted by Gasteiger charge is -2.40. The van der Waals surface area contributed by atoms with E-state index in [-0.39, 0.29) is 6.04 Å². The van der Waals surface area contributed by atoms with E-state index in [4.69, 9.17) is 10.8 Å². The van der Waals surface area contributed by atoms with Gasteiger partial charge in [-0.25, -0.2) is 0 Å². The maximum absolute atomic E-state index is 11.1. The van der Waals surface area contributed by atoms with Crippen molar-refractivity contribution in [3.8, 4) is 0 Å². The van der Waals surface area contributed by atoms with Gasteiger partial charge in [0.15, 0.2) is 0 Å². The molecule has 0 aromatic carbocycles. The Kier molecular flexibility index (Phi) is 4.54. The lowest BCUT2D eigenvalue weighted by molar-refractivity contribution is -0.145. The van der Waals surface area contributed by atoms with Crippen molar-refractivity contribution >= 4 is 5.97 Å². The number of carboxylic acid groups (broad SMARTS) is 1. The second-order valence-electron chi connectivity index (χ2n) is 4.49. The van der Waals surface area contributed by atoms with Crippen molar-refractivity contribution in [1.82, 2.24) is 4.90 Å². The molecule has 1 heterocycles. The number of likely N-dealkylation sites (tertiary alicyclic amines) is 1. The number of nitrogens with two attached hydrogens (primary N) is 1. The molecule has 1 aliphatic heterocycles. The first-order chi connectivity index (χ1) is 7.10. The van der Waals surface area contributed by atoms with Gasteiger partial charge < -0.3 is 10.8 Å². The maximum Gasteiger partial charge on any atom is 0.320 e. The lowest BCUT2D eigenvalue weighted by atomic mass is 9.91. The monoisotopic (exact) mass is 214 g/mol. The molecule has 3 unspecified atom stereocenters. The molecule has 1 fully saturated rings. The second kappa shape index (κ2) is 5.47. The van der Waals surface area contributed by atoms with Gasteiger partial charge in [-0.1, -0.05) is 6.92 Å². The fourth-order valence-corrected chi connectivity index (χ4v) is 2.39. The first-order valence-electron chi connectivity index (χ1n) is 5.78. The third-order valence-electron chi connectivity index (χ3n) is 3.43. The van der Waals surface area contributed by atoms with E-state index in [1.807, 2.05) is 6.92 Å². The lowest BCUT2D eigenvalue weighted by Crippen LogP contribution is -2.51. The summed E-state index contributed by atoms with van der Waals surface area (Å²) in [4.78, 5) is 13.2. The molecule has 88 valence electrons. The van der Waals surface area contributed by atoms with Crippen molar-refractivity contribution in [2.45, 2.75) is 45.2 Å². The molecule has 1 saturated heterocycles. The van der Waals surface area contributed by atoms with Crippen molar-refractivity contribution in [2.75, 3.05) is 13.1 Å². The standard InChI is InChI=1S/C11H22N2O2/c1-3-10(11(14)15)13-7-9(6-12)5-4-8(13)2/h8-10H,3-7,12H2,1-2H3,(H,14,15). The van der Waals surface area contributed by atoms with Crippen LogP contribution in [0, 0.1) is 5.92 Å². The smallest absolute Gasteiger partial charge is 0.320 e. The van der Waals surface area contributed by atoms with Gasteiger partial charge in [0.1, 0.15) is 6.04 Å². The van der Waals surface area contributed by atoms with Crippen LogP contribution in [0.25, 0.3) is 0 Å². The van der Waals surface area contributed by atoms with Gasteiger partial charge in [-0.05, 0) is 38.6 Å². The Morgan fingerprint density at radius 3 is 2.73 bits per heavy atom. The molecule has 0 amide bonds. The van der Waals surface area contributed by atoms with Gasteiger partial charge in [0, 0.05) is 12.6 Å². The normalized spacial score (nSPS) is 30.1. The van der Waals surface area contributed by atoms with E-state index in [1.165, 1.54) is 0 Å². The van der Waals surface area contributed by atoms with E-state index in [1.54, 1.807) is 0 Å². The zero-order chi connectivity index (χ0) is 11.4. The number of rotatable bonds is 4. The van der Waals surface area contributed by atoms with Crippen LogP contribution < -0.4 is 5.73 Å². The molecule has 15 heavy (non-hydrogen) atoms. The van der Waals surface area contributed by atoms with Crippen LogP contribution in [-0.4, -0.2) is 41.1 Å². The molecular formula is C11H22N2O2. The SMILES string of the molecule is CCC(C(=O)O)N1CC(CN)CCC1C. The summed E-state index contributed by atoms with van der Waals surface area (Å²) in [5.74, 6) is -0.239. The first-order valence-corrected chi connectivity index (χ1v) is 5.78. The van der Waals surface area contributed by atoms with E-state index in [0.29, 0.717) is 24.9 Å². The van der Waals surface area contributed by atoms with E-state index in [2.05, 4.69) is 11.8 Å². The summed E-state index contributed by atoms with van der Waals surface area (Å²) >= 11 is 0. The van der Waals surface area contributed by atoms with Crippen LogP contribution in [-0.2, 0) is 4.79 Å². The molecule has 0 aliphatic carbocycles. The highest BCUT2D eigenvalue weighted by Gasteiger charge is 2.32. The fraction of sp³-hybridized carbons (Fsp3) is 0.909. The van der Waals surface area contributed by atoms with E-state index >= 15 is 0 Å². The molecule has 0 aromatic rings. The first kappa shape index (κ1) is 12.5. The predicted octanol–water partition coefficient (Wildman–Crippen LogP) is 0.909. The van der Waals surface area contributed by atoms with Crippen LogP contribution >= 0.6 is 0 Å². The van der Waals surface area contributed by atoms with Crippen molar-refractivity contribution < 1.29 is 9.90 Å². The Morgan fingerprint density at radius 1 is 1.60 bits per heavy atom. The molecular weight excluding hydrogens is 192 g/mol. The summed E-state index contributed by atoms with van der Waals surface area (Å²) in [5, 5.41) is 9.13. The molecule has 0 aromatic heterocycles. The summed E-state index contributed by atoms with van der Waals surface area (Å²) in [6, 6.07) is 0.0307. The van der Waals surface area contributed by atoms with Crippen molar-refractivity contribution in [3.05, 3.63) is 0 Å². The Balaban J connectivity index is 2.67. The molecule has 4 heteroatoms. The Morgan fingerprint density at radius 2 is 2.27 bits per heavy atom. The number of carbonyl (C=O) groups is 1. The highest BCUT2D eigenvalue weighted by atomic mass is 16.4. The number of hydrogen-bond donors (Lipinski definition) is 2. The molecule has 0 saturated carbocycles. The Labute approximate surface area is 91.4 Å². The molecule has 4 nitrogen and oxygen atoms in total.